The molecule has 8 N–H and O–H groups in total. The molecule has 0 aromatic carbocycles. The molecule has 0 aliphatic carbocycles. The van der Waals surface area contributed by atoms with Gasteiger partial charge in [0.05, 0.1) is 12.8 Å². The second-order valence-electron chi connectivity index (χ2n) is 3.50. The zero-order valence-electron chi connectivity index (χ0n) is 14.8. The number of carbonyl (C=O) groups is 3. The third-order valence-electron chi connectivity index (χ3n) is 1.85. The van der Waals surface area contributed by atoms with Crippen LogP contribution in [0.1, 0.15) is 15.7 Å². The van der Waals surface area contributed by atoms with Crippen LogP contribution in [0.5, 0.6) is 0 Å². The summed E-state index contributed by atoms with van der Waals surface area (Å²) in [5, 5.41) is 33.8. The van der Waals surface area contributed by atoms with Crippen molar-refractivity contribution in [2.24, 2.45) is 0 Å². The van der Waals surface area contributed by atoms with Crippen LogP contribution >= 0.6 is 0 Å². The van der Waals surface area contributed by atoms with E-state index in [2.05, 4.69) is 4.98 Å². The minimum atomic E-state index is -2.74. The molecule has 0 radical (unpaired) electrons. The summed E-state index contributed by atoms with van der Waals surface area (Å²) in [5.74, 6) is -5.02. The van der Waals surface area contributed by atoms with Crippen LogP contribution in [-0.2, 0) is 14.4 Å². The quantitative estimate of drug-likeness (QED) is 0.372. The van der Waals surface area contributed by atoms with Crippen molar-refractivity contribution in [2.75, 3.05) is 0 Å². The second kappa shape index (κ2) is 17.8. The standard InChI is InChI=1S/C6H8O7.C5H5N.2Na.2H2O.2H/c7-3(8)1-6(13,5(11)12)2-4(9)10;1-2-4-6-5-3-1;;;;;;/h13H,1-2H2,(H,7,8)(H,9,10)(H,11,12);1-5H;;;2*1H2;;/q;;2*+1;;;2*-1. The average Bonchev–Trinajstić information content (AvgIpc) is 2.29. The van der Waals surface area contributed by atoms with Gasteiger partial charge in [-0.05, 0) is 12.1 Å². The van der Waals surface area contributed by atoms with Crippen LogP contribution in [0.4, 0.5) is 0 Å². The molecule has 0 saturated carbocycles. The Hall–Kier alpha value is -0.560. The molecule has 124 valence electrons. The fraction of sp³-hybridized carbons (Fsp3) is 0.273. The minimum absolute atomic E-state index is 0. The molecule has 1 rings (SSSR count). The molecule has 12 heteroatoms. The minimum Gasteiger partial charge on any atom is -1.00 e. The van der Waals surface area contributed by atoms with Gasteiger partial charge < -0.3 is 34.2 Å². The molecule has 0 bridgehead atoms. The number of hydrogen-bond acceptors (Lipinski definition) is 5. The van der Waals surface area contributed by atoms with Gasteiger partial charge in [0.2, 0.25) is 0 Å². The summed E-state index contributed by atoms with van der Waals surface area (Å²) in [5.41, 5.74) is -2.74. The number of carboxylic acid groups (broad SMARTS) is 3. The van der Waals surface area contributed by atoms with E-state index in [0.29, 0.717) is 0 Å². The van der Waals surface area contributed by atoms with Crippen molar-refractivity contribution in [1.82, 2.24) is 4.98 Å². The van der Waals surface area contributed by atoms with Crippen LogP contribution < -0.4 is 59.1 Å². The summed E-state index contributed by atoms with van der Waals surface area (Å²) in [6.07, 6.45) is 1.21. The van der Waals surface area contributed by atoms with E-state index in [4.69, 9.17) is 20.4 Å². The van der Waals surface area contributed by atoms with Crippen molar-refractivity contribution in [3.63, 3.8) is 0 Å². The summed E-state index contributed by atoms with van der Waals surface area (Å²) in [7, 11) is 0. The van der Waals surface area contributed by atoms with E-state index < -0.39 is 36.4 Å². The molecular formula is C11H19NNa2O9. The van der Waals surface area contributed by atoms with Crippen LogP contribution in [0.15, 0.2) is 30.6 Å². The Kier molecular flexibility index (Phi) is 26.2. The summed E-state index contributed by atoms with van der Waals surface area (Å²) in [6, 6.07) is 5.72. The van der Waals surface area contributed by atoms with Gasteiger partial charge in [-0.2, -0.15) is 0 Å². The van der Waals surface area contributed by atoms with Gasteiger partial charge in [-0.1, -0.05) is 6.07 Å². The third kappa shape index (κ3) is 17.6. The van der Waals surface area contributed by atoms with Crippen molar-refractivity contribution in [3.05, 3.63) is 30.6 Å². The van der Waals surface area contributed by atoms with Crippen LogP contribution in [0, 0.1) is 0 Å². The summed E-state index contributed by atoms with van der Waals surface area (Å²) < 4.78 is 0. The summed E-state index contributed by atoms with van der Waals surface area (Å²) in [6.45, 7) is 0. The first kappa shape index (κ1) is 33.9. The number of nitrogens with zero attached hydrogens (tertiary/aromatic N) is 1. The van der Waals surface area contributed by atoms with E-state index in [9.17, 15) is 14.4 Å². The molecule has 0 spiro atoms. The largest absolute Gasteiger partial charge is 1.00 e. The first-order valence-electron chi connectivity index (χ1n) is 5.02. The molecule has 0 atom stereocenters. The summed E-state index contributed by atoms with van der Waals surface area (Å²) >= 11 is 0. The van der Waals surface area contributed by atoms with Gasteiger partial charge in [0, 0.05) is 12.4 Å². The normalized spacial score (nSPS) is 8.22. The number of rotatable bonds is 5. The van der Waals surface area contributed by atoms with Crippen LogP contribution in [0.25, 0.3) is 0 Å². The Morgan fingerprint density at radius 1 is 0.870 bits per heavy atom. The van der Waals surface area contributed by atoms with E-state index in [1.54, 1.807) is 12.4 Å². The fourth-order valence-electron chi connectivity index (χ4n) is 1.03. The smallest absolute Gasteiger partial charge is 1.00 e. The maximum atomic E-state index is 10.3. The van der Waals surface area contributed by atoms with E-state index >= 15 is 0 Å². The van der Waals surface area contributed by atoms with Crippen molar-refractivity contribution in [3.8, 4) is 0 Å². The van der Waals surface area contributed by atoms with E-state index in [1.807, 2.05) is 18.2 Å². The molecular weight excluding hydrogens is 336 g/mol. The molecule has 1 aromatic heterocycles. The van der Waals surface area contributed by atoms with Gasteiger partial charge in [-0.15, -0.1) is 0 Å². The third-order valence-corrected chi connectivity index (χ3v) is 1.85. The first-order chi connectivity index (χ1) is 8.78. The molecule has 0 unspecified atom stereocenters. The Balaban J connectivity index is -0.0000000474. The molecule has 0 fully saturated rings. The topological polar surface area (TPSA) is 208 Å². The number of carboxylic acids is 3. The Morgan fingerprint density at radius 3 is 1.35 bits per heavy atom. The molecule has 0 aliphatic rings. The fourth-order valence-corrected chi connectivity index (χ4v) is 1.03. The van der Waals surface area contributed by atoms with E-state index in [1.165, 1.54) is 0 Å². The molecule has 23 heavy (non-hydrogen) atoms. The van der Waals surface area contributed by atoms with E-state index in [0.717, 1.165) is 0 Å². The first-order valence-corrected chi connectivity index (χ1v) is 5.02. The van der Waals surface area contributed by atoms with Gasteiger partial charge in [0.15, 0.2) is 5.60 Å². The zero-order valence-corrected chi connectivity index (χ0v) is 16.8. The number of pyridine rings is 1. The average molecular weight is 355 g/mol. The van der Waals surface area contributed by atoms with Gasteiger partial charge in [-0.3, -0.25) is 14.6 Å². The van der Waals surface area contributed by atoms with Gasteiger partial charge in [0.25, 0.3) is 0 Å². The van der Waals surface area contributed by atoms with Crippen LogP contribution in [0.2, 0.25) is 0 Å². The van der Waals surface area contributed by atoms with Crippen molar-refractivity contribution >= 4 is 17.9 Å². The Bertz CT molecular complexity index is 412. The predicted octanol–water partition coefficient (Wildman–Crippen LogP) is -7.58. The molecule has 0 saturated heterocycles. The number of aromatic nitrogens is 1. The number of aliphatic carboxylic acids is 3. The predicted molar refractivity (Wildman–Crippen MR) is 70.8 cm³/mol. The Morgan fingerprint density at radius 2 is 1.22 bits per heavy atom. The van der Waals surface area contributed by atoms with Crippen molar-refractivity contribution in [1.29, 1.82) is 0 Å². The van der Waals surface area contributed by atoms with E-state index in [-0.39, 0.29) is 72.9 Å². The SMILES string of the molecule is O.O.O=C(O)CC(O)(CC(=O)O)C(=O)O.[H-].[H-].[Na+].[Na+].c1ccncc1. The van der Waals surface area contributed by atoms with Crippen LogP contribution in [-0.4, -0.2) is 59.9 Å². The Labute approximate surface area is 178 Å². The van der Waals surface area contributed by atoms with Crippen molar-refractivity contribution in [2.45, 2.75) is 18.4 Å². The molecule has 10 nitrogen and oxygen atoms in total. The monoisotopic (exact) mass is 355 g/mol. The van der Waals surface area contributed by atoms with Gasteiger partial charge in [-0.25, -0.2) is 4.79 Å². The molecule has 1 aromatic rings. The zero-order chi connectivity index (χ0) is 14.9. The number of hydrogen-bond donors (Lipinski definition) is 4. The molecule has 0 amide bonds. The van der Waals surface area contributed by atoms with Crippen LogP contribution in [0.3, 0.4) is 0 Å². The molecule has 1 heterocycles. The number of aliphatic hydroxyl groups is 1. The van der Waals surface area contributed by atoms with Gasteiger partial charge in [0.1, 0.15) is 0 Å². The van der Waals surface area contributed by atoms with Gasteiger partial charge >= 0.3 is 77.0 Å². The van der Waals surface area contributed by atoms with Crippen molar-refractivity contribution < 1.29 is 108 Å². The molecule has 0 aliphatic heterocycles. The summed E-state index contributed by atoms with van der Waals surface area (Å²) in [4.78, 5) is 34.3. The maximum Gasteiger partial charge on any atom is 1.00 e. The maximum absolute atomic E-state index is 10.3. The second-order valence-corrected chi connectivity index (χ2v) is 3.50.